The molecule has 0 saturated heterocycles. The highest BCUT2D eigenvalue weighted by Crippen LogP contribution is 2.24. The number of nitro groups is 1. The van der Waals surface area contributed by atoms with E-state index in [1.54, 1.807) is 6.08 Å². The Kier molecular flexibility index (Phi) is 6.93. The summed E-state index contributed by atoms with van der Waals surface area (Å²) in [5, 5.41) is 11.2. The van der Waals surface area contributed by atoms with E-state index in [1.807, 2.05) is 49.8 Å². The molecule has 1 atom stereocenters. The highest BCUT2D eigenvalue weighted by molar-refractivity contribution is 7.89. The van der Waals surface area contributed by atoms with E-state index in [0.717, 1.165) is 11.3 Å². The summed E-state index contributed by atoms with van der Waals surface area (Å²) in [5.74, 6) is -0.0365. The maximum atomic E-state index is 12.9. The Balaban J connectivity index is 2.38. The van der Waals surface area contributed by atoms with Crippen molar-refractivity contribution in [1.82, 2.24) is 9.29 Å². The second-order valence-corrected chi connectivity index (χ2v) is 8.39. The van der Waals surface area contributed by atoms with Crippen molar-refractivity contribution in [3.8, 4) is 0 Å². The van der Waals surface area contributed by atoms with Gasteiger partial charge in [0.2, 0.25) is 10.0 Å². The minimum atomic E-state index is -4.07. The third kappa shape index (κ3) is 4.76. The molecule has 1 N–H and O–H groups in total. The normalized spacial score (nSPS) is 13.1. The first-order valence-corrected chi connectivity index (χ1v) is 10.4. The molecule has 2 rings (SSSR count). The second kappa shape index (κ2) is 8.99. The minimum Gasteiger partial charge on any atom is -0.346 e. The van der Waals surface area contributed by atoms with E-state index in [0.29, 0.717) is 6.54 Å². The molecular formula is C20H25N3O4S. The molecule has 2 aromatic rings. The number of allylic oxidation sites excluding steroid dienone is 1. The van der Waals surface area contributed by atoms with E-state index in [-0.39, 0.29) is 10.8 Å². The highest BCUT2D eigenvalue weighted by atomic mass is 32.2. The fourth-order valence-electron chi connectivity index (χ4n) is 2.88. The molecule has 1 aromatic heterocycles. The number of benzene rings is 1. The number of nitrogens with zero attached hydrogens (tertiary/aromatic N) is 2. The molecule has 8 heteroatoms. The zero-order chi connectivity index (χ0) is 20.9. The fourth-order valence-corrected chi connectivity index (χ4v) is 4.43. The Hall–Kier alpha value is -2.71. The average molecular weight is 404 g/mol. The van der Waals surface area contributed by atoms with Crippen LogP contribution in [0.3, 0.4) is 0 Å². The summed E-state index contributed by atoms with van der Waals surface area (Å²) < 4.78 is 30.4. The van der Waals surface area contributed by atoms with Crippen molar-refractivity contribution >= 4 is 27.9 Å². The molecule has 0 radical (unpaired) electrons. The molecule has 1 aromatic carbocycles. The van der Waals surface area contributed by atoms with E-state index >= 15 is 0 Å². The predicted molar refractivity (Wildman–Crippen MR) is 111 cm³/mol. The summed E-state index contributed by atoms with van der Waals surface area (Å²) in [6.45, 7) is 9.89. The summed E-state index contributed by atoms with van der Waals surface area (Å²) in [6.07, 6.45) is 7.46. The van der Waals surface area contributed by atoms with E-state index in [4.69, 9.17) is 0 Å². The van der Waals surface area contributed by atoms with Gasteiger partial charge in [-0.15, -0.1) is 0 Å². The van der Waals surface area contributed by atoms with E-state index in [1.165, 1.54) is 24.3 Å². The highest BCUT2D eigenvalue weighted by Gasteiger charge is 2.29. The van der Waals surface area contributed by atoms with Crippen LogP contribution in [0.2, 0.25) is 0 Å². The van der Waals surface area contributed by atoms with Gasteiger partial charge in [0.15, 0.2) is 4.90 Å². The Morgan fingerprint density at radius 2 is 1.96 bits per heavy atom. The summed E-state index contributed by atoms with van der Waals surface area (Å²) in [5.41, 5.74) is 1.43. The molecule has 1 heterocycles. The summed E-state index contributed by atoms with van der Waals surface area (Å²) in [4.78, 5) is 10.2. The Bertz CT molecular complexity index is 991. The number of nitrogens with one attached hydrogen (secondary N) is 1. The van der Waals surface area contributed by atoms with Crippen LogP contribution in [0.25, 0.3) is 12.2 Å². The minimum absolute atomic E-state index is 0.0365. The number of para-hydroxylation sites is 1. The number of sulfonamides is 1. The van der Waals surface area contributed by atoms with E-state index in [9.17, 15) is 18.5 Å². The second-order valence-electron chi connectivity index (χ2n) is 6.71. The van der Waals surface area contributed by atoms with Crippen molar-refractivity contribution in [3.05, 3.63) is 70.6 Å². The van der Waals surface area contributed by atoms with Crippen LogP contribution in [0, 0.1) is 16.0 Å². The Morgan fingerprint density at radius 3 is 2.54 bits per heavy atom. The number of hydrogen-bond acceptors (Lipinski definition) is 4. The molecule has 0 bridgehead atoms. The molecule has 0 amide bonds. The fraction of sp³-hybridized carbons (Fsp3) is 0.300. The monoisotopic (exact) mass is 403 g/mol. The molecule has 0 saturated carbocycles. The lowest BCUT2D eigenvalue weighted by Gasteiger charge is -2.24. The van der Waals surface area contributed by atoms with Crippen LogP contribution in [0.15, 0.2) is 54.1 Å². The van der Waals surface area contributed by atoms with Crippen LogP contribution >= 0.6 is 0 Å². The number of aromatic nitrogens is 1. The number of rotatable bonds is 9. The van der Waals surface area contributed by atoms with Crippen LogP contribution in [0.1, 0.15) is 32.0 Å². The van der Waals surface area contributed by atoms with Gasteiger partial charge in [-0.2, -0.15) is 0 Å². The lowest BCUT2D eigenvalue weighted by atomic mass is 10.1. The van der Waals surface area contributed by atoms with Crippen molar-refractivity contribution < 1.29 is 13.3 Å². The van der Waals surface area contributed by atoms with Gasteiger partial charge in [-0.25, -0.2) is 13.1 Å². The quantitative estimate of drug-likeness (QED) is 0.504. The molecule has 0 aliphatic heterocycles. The molecule has 0 aliphatic carbocycles. The lowest BCUT2D eigenvalue weighted by Crippen LogP contribution is -2.41. The van der Waals surface area contributed by atoms with Gasteiger partial charge in [-0.3, -0.25) is 10.1 Å². The first-order valence-electron chi connectivity index (χ1n) is 8.91. The maximum Gasteiger partial charge on any atom is 0.289 e. The maximum absolute atomic E-state index is 12.9. The van der Waals surface area contributed by atoms with Crippen LogP contribution in [0.5, 0.6) is 0 Å². The largest absolute Gasteiger partial charge is 0.346 e. The first kappa shape index (κ1) is 21.6. The van der Waals surface area contributed by atoms with Crippen molar-refractivity contribution in [1.29, 1.82) is 0 Å². The standard InChI is InChI=1S/C20H25N3O4S/c1-5-9-18-16(6-2)12-13-22(18)14-17(15(3)4)21-28(26,27)20-11-8-7-10-19(20)23(24)25/h5-13,15,17,21H,2,14H2,1,3-4H3. The van der Waals surface area contributed by atoms with Crippen molar-refractivity contribution in [2.45, 2.75) is 38.3 Å². The molecule has 150 valence electrons. The van der Waals surface area contributed by atoms with Crippen LogP contribution in [-0.4, -0.2) is 24.0 Å². The van der Waals surface area contributed by atoms with Crippen molar-refractivity contribution in [3.63, 3.8) is 0 Å². The SMILES string of the molecule is C=Cc1ccn(CC(NS(=O)(=O)c2ccccc2[N+](=O)[O-])C(C)C)c1C=CC. The van der Waals surface area contributed by atoms with Crippen molar-refractivity contribution in [2.24, 2.45) is 5.92 Å². The molecule has 1 unspecified atom stereocenters. The Labute approximate surface area is 165 Å². The molecule has 0 aliphatic rings. The molecule has 0 fully saturated rings. The summed E-state index contributed by atoms with van der Waals surface area (Å²) in [6, 6.07) is 6.80. The lowest BCUT2D eigenvalue weighted by molar-refractivity contribution is -0.387. The molecule has 7 nitrogen and oxygen atoms in total. The van der Waals surface area contributed by atoms with Gasteiger partial charge >= 0.3 is 0 Å². The zero-order valence-corrected chi connectivity index (χ0v) is 17.0. The molecule has 0 spiro atoms. The van der Waals surface area contributed by atoms with E-state index in [2.05, 4.69) is 11.3 Å². The third-order valence-corrected chi connectivity index (χ3v) is 5.98. The van der Waals surface area contributed by atoms with Gasteiger partial charge < -0.3 is 4.57 Å². The van der Waals surface area contributed by atoms with Crippen LogP contribution in [-0.2, 0) is 16.6 Å². The van der Waals surface area contributed by atoms with Gasteiger partial charge in [0.05, 0.1) is 4.92 Å². The number of nitro benzene ring substituents is 1. The first-order chi connectivity index (χ1) is 13.2. The molecular weight excluding hydrogens is 378 g/mol. The van der Waals surface area contributed by atoms with E-state index < -0.39 is 26.7 Å². The van der Waals surface area contributed by atoms with Gasteiger partial charge in [-0.1, -0.05) is 44.7 Å². The summed E-state index contributed by atoms with van der Waals surface area (Å²) in [7, 11) is -4.07. The van der Waals surface area contributed by atoms with Crippen LogP contribution < -0.4 is 4.72 Å². The summed E-state index contributed by atoms with van der Waals surface area (Å²) >= 11 is 0. The molecule has 28 heavy (non-hydrogen) atoms. The number of hydrogen-bond donors (Lipinski definition) is 1. The van der Waals surface area contributed by atoms with Gasteiger partial charge in [0.25, 0.3) is 5.69 Å². The smallest absolute Gasteiger partial charge is 0.289 e. The third-order valence-electron chi connectivity index (χ3n) is 4.44. The Morgan fingerprint density at radius 1 is 1.29 bits per heavy atom. The van der Waals surface area contributed by atoms with Crippen LogP contribution in [0.4, 0.5) is 5.69 Å². The van der Waals surface area contributed by atoms with Gasteiger partial charge in [0.1, 0.15) is 0 Å². The predicted octanol–water partition coefficient (Wildman–Crippen LogP) is 4.08. The van der Waals surface area contributed by atoms with Gasteiger partial charge in [0, 0.05) is 30.5 Å². The zero-order valence-electron chi connectivity index (χ0n) is 16.2. The van der Waals surface area contributed by atoms with Gasteiger partial charge in [-0.05, 0) is 36.6 Å². The van der Waals surface area contributed by atoms with Crippen molar-refractivity contribution in [2.75, 3.05) is 0 Å². The average Bonchev–Trinajstić information content (AvgIpc) is 3.03. The topological polar surface area (TPSA) is 94.2 Å².